The molecule has 2 amide bonds. The summed E-state index contributed by atoms with van der Waals surface area (Å²) in [5, 5.41) is 0. The van der Waals surface area contributed by atoms with Gasteiger partial charge in [0.15, 0.2) is 11.5 Å². The molecule has 0 spiro atoms. The molecule has 1 aromatic rings. The first-order valence-electron chi connectivity index (χ1n) is 10.9. The number of carbonyl (C=O) groups excluding carboxylic acids is 2. The zero-order valence-electron chi connectivity index (χ0n) is 16.8. The summed E-state index contributed by atoms with van der Waals surface area (Å²) in [6, 6.07) is 7.45. The summed E-state index contributed by atoms with van der Waals surface area (Å²) in [5.74, 6) is 2.32. The summed E-state index contributed by atoms with van der Waals surface area (Å²) >= 11 is 0. The molecule has 7 nitrogen and oxygen atoms in total. The van der Waals surface area contributed by atoms with Gasteiger partial charge in [-0.25, -0.2) is 0 Å². The number of rotatable bonds is 4. The van der Waals surface area contributed by atoms with Crippen LogP contribution in [-0.4, -0.2) is 84.5 Å². The summed E-state index contributed by atoms with van der Waals surface area (Å²) < 4.78 is 11.6. The molecule has 3 heterocycles. The molecule has 0 unspecified atom stereocenters. The van der Waals surface area contributed by atoms with Gasteiger partial charge in [0.1, 0.15) is 6.61 Å². The van der Waals surface area contributed by atoms with Crippen LogP contribution in [-0.2, 0) is 9.59 Å². The van der Waals surface area contributed by atoms with Crippen molar-refractivity contribution in [3.05, 3.63) is 24.3 Å². The third kappa shape index (κ3) is 3.92. The molecular formula is C22H29N3O4. The maximum atomic E-state index is 13.0. The first-order chi connectivity index (χ1) is 14.2. The van der Waals surface area contributed by atoms with Crippen molar-refractivity contribution in [1.82, 2.24) is 14.7 Å². The van der Waals surface area contributed by atoms with E-state index in [1.54, 1.807) is 0 Å². The zero-order chi connectivity index (χ0) is 19.8. The number of fused-ring (bicyclic) bond motifs is 1. The summed E-state index contributed by atoms with van der Waals surface area (Å²) in [5.41, 5.74) is 0. The average molecular weight is 399 g/mol. The Kier molecular flexibility index (Phi) is 5.08. The van der Waals surface area contributed by atoms with E-state index in [9.17, 15) is 9.59 Å². The lowest BCUT2D eigenvalue weighted by atomic mass is 10.2. The Labute approximate surface area is 171 Å². The van der Waals surface area contributed by atoms with Gasteiger partial charge in [0.2, 0.25) is 12.0 Å². The topological polar surface area (TPSA) is 62.3 Å². The fraction of sp³-hybridized carbons (Fsp3) is 0.636. The van der Waals surface area contributed by atoms with Crippen LogP contribution in [0.3, 0.4) is 0 Å². The van der Waals surface area contributed by atoms with E-state index in [4.69, 9.17) is 9.47 Å². The molecule has 156 valence electrons. The van der Waals surface area contributed by atoms with E-state index in [-0.39, 0.29) is 24.5 Å². The van der Waals surface area contributed by atoms with Crippen LogP contribution in [0.15, 0.2) is 24.3 Å². The van der Waals surface area contributed by atoms with Gasteiger partial charge in [-0.05, 0) is 43.7 Å². The van der Waals surface area contributed by atoms with Crippen molar-refractivity contribution in [3.63, 3.8) is 0 Å². The van der Waals surface area contributed by atoms with Crippen molar-refractivity contribution in [2.24, 2.45) is 5.92 Å². The van der Waals surface area contributed by atoms with Gasteiger partial charge in [-0.3, -0.25) is 14.5 Å². The number of likely N-dealkylation sites (tertiary alicyclic amines) is 1. The Morgan fingerprint density at radius 3 is 2.66 bits per heavy atom. The molecule has 1 saturated carbocycles. The van der Waals surface area contributed by atoms with E-state index >= 15 is 0 Å². The average Bonchev–Trinajstić information content (AvgIpc) is 3.54. The normalized spacial score (nSPS) is 27.8. The van der Waals surface area contributed by atoms with Crippen LogP contribution in [0, 0.1) is 5.92 Å². The van der Waals surface area contributed by atoms with Crippen LogP contribution >= 0.6 is 0 Å². The highest BCUT2D eigenvalue weighted by molar-refractivity contribution is 5.84. The Bertz CT molecular complexity index is 781. The number of amides is 2. The fourth-order valence-corrected chi connectivity index (χ4v) is 4.67. The van der Waals surface area contributed by atoms with Crippen LogP contribution in [0.25, 0.3) is 0 Å². The van der Waals surface area contributed by atoms with E-state index in [0.717, 1.165) is 44.9 Å². The SMILES string of the molecule is O=C1[C@H](N2CCCN(C(=O)[C@H]3COc4ccccc4O3)CC2)CCN1CC1CC1. The molecule has 7 heteroatoms. The predicted octanol–water partition coefficient (Wildman–Crippen LogP) is 1.37. The van der Waals surface area contributed by atoms with Gasteiger partial charge in [-0.2, -0.15) is 0 Å². The molecular weight excluding hydrogens is 370 g/mol. The third-order valence-electron chi connectivity index (χ3n) is 6.51. The lowest BCUT2D eigenvalue weighted by Crippen LogP contribution is -2.48. The third-order valence-corrected chi connectivity index (χ3v) is 6.51. The second-order valence-electron chi connectivity index (χ2n) is 8.61. The molecule has 2 saturated heterocycles. The minimum atomic E-state index is -0.599. The van der Waals surface area contributed by atoms with Gasteiger partial charge in [0, 0.05) is 39.3 Å². The van der Waals surface area contributed by atoms with Crippen molar-refractivity contribution in [1.29, 1.82) is 0 Å². The van der Waals surface area contributed by atoms with Crippen LogP contribution < -0.4 is 9.47 Å². The van der Waals surface area contributed by atoms with Gasteiger partial charge in [0.05, 0.1) is 6.04 Å². The number of para-hydroxylation sites is 2. The molecule has 0 bridgehead atoms. The molecule has 3 fully saturated rings. The van der Waals surface area contributed by atoms with E-state index in [2.05, 4.69) is 9.80 Å². The molecule has 29 heavy (non-hydrogen) atoms. The second-order valence-corrected chi connectivity index (χ2v) is 8.61. The van der Waals surface area contributed by atoms with Gasteiger partial charge in [-0.1, -0.05) is 12.1 Å². The lowest BCUT2D eigenvalue weighted by Gasteiger charge is -2.30. The lowest BCUT2D eigenvalue weighted by molar-refractivity contribution is -0.141. The quantitative estimate of drug-likeness (QED) is 0.765. The number of ether oxygens (including phenoxy) is 2. The number of carbonyl (C=O) groups is 2. The van der Waals surface area contributed by atoms with Crippen LogP contribution in [0.4, 0.5) is 0 Å². The molecule has 2 atom stereocenters. The highest BCUT2D eigenvalue weighted by atomic mass is 16.6. The van der Waals surface area contributed by atoms with Crippen LogP contribution in [0.2, 0.25) is 0 Å². The van der Waals surface area contributed by atoms with Gasteiger partial charge >= 0.3 is 0 Å². The minimum absolute atomic E-state index is 0.00931. The molecule has 4 aliphatic rings. The maximum absolute atomic E-state index is 13.0. The molecule has 1 aliphatic carbocycles. The summed E-state index contributed by atoms with van der Waals surface area (Å²) in [4.78, 5) is 32.1. The first-order valence-corrected chi connectivity index (χ1v) is 10.9. The van der Waals surface area contributed by atoms with E-state index in [0.29, 0.717) is 24.6 Å². The minimum Gasteiger partial charge on any atom is -0.485 e. The zero-order valence-corrected chi connectivity index (χ0v) is 16.8. The Morgan fingerprint density at radius 2 is 1.83 bits per heavy atom. The highest BCUT2D eigenvalue weighted by Gasteiger charge is 2.39. The van der Waals surface area contributed by atoms with Crippen molar-refractivity contribution in [2.75, 3.05) is 45.9 Å². The Balaban J connectivity index is 1.17. The van der Waals surface area contributed by atoms with Gasteiger partial charge in [0.25, 0.3) is 5.91 Å². The maximum Gasteiger partial charge on any atom is 0.267 e. The molecule has 3 aliphatic heterocycles. The second kappa shape index (κ2) is 7.86. The Morgan fingerprint density at radius 1 is 1.00 bits per heavy atom. The number of nitrogens with zero attached hydrogens (tertiary/aromatic N) is 3. The number of benzene rings is 1. The van der Waals surface area contributed by atoms with Crippen LogP contribution in [0.5, 0.6) is 11.5 Å². The monoisotopic (exact) mass is 399 g/mol. The van der Waals surface area contributed by atoms with Crippen LogP contribution in [0.1, 0.15) is 25.7 Å². The van der Waals surface area contributed by atoms with Crippen molar-refractivity contribution < 1.29 is 19.1 Å². The van der Waals surface area contributed by atoms with E-state index in [1.807, 2.05) is 29.2 Å². The fourth-order valence-electron chi connectivity index (χ4n) is 4.67. The van der Waals surface area contributed by atoms with Gasteiger partial charge < -0.3 is 19.3 Å². The standard InChI is InChI=1S/C22H29N3O4/c26-21-17(8-11-25(21)14-16-6-7-16)23-9-3-10-24(13-12-23)22(27)20-15-28-18-4-1-2-5-19(18)29-20/h1-2,4-5,16-17,20H,3,6-15H2/t17-,20-/m1/s1. The van der Waals surface area contributed by atoms with Crippen molar-refractivity contribution >= 4 is 11.8 Å². The molecule has 0 radical (unpaired) electrons. The van der Waals surface area contributed by atoms with Crippen molar-refractivity contribution in [2.45, 2.75) is 37.8 Å². The van der Waals surface area contributed by atoms with E-state index in [1.165, 1.54) is 12.8 Å². The number of hydrogen-bond acceptors (Lipinski definition) is 5. The largest absolute Gasteiger partial charge is 0.485 e. The molecule has 5 rings (SSSR count). The first kappa shape index (κ1) is 18.7. The summed E-state index contributed by atoms with van der Waals surface area (Å²) in [6.07, 6.45) is 3.73. The van der Waals surface area contributed by atoms with Gasteiger partial charge in [-0.15, -0.1) is 0 Å². The Hall–Kier alpha value is -2.28. The molecule has 0 N–H and O–H groups in total. The van der Waals surface area contributed by atoms with Crippen molar-refractivity contribution in [3.8, 4) is 11.5 Å². The van der Waals surface area contributed by atoms with E-state index < -0.39 is 6.10 Å². The summed E-state index contributed by atoms with van der Waals surface area (Å²) in [6.45, 7) is 5.00. The smallest absolute Gasteiger partial charge is 0.267 e. The highest BCUT2D eigenvalue weighted by Crippen LogP contribution is 2.33. The number of hydrogen-bond donors (Lipinski definition) is 0. The predicted molar refractivity (Wildman–Crippen MR) is 107 cm³/mol. The molecule has 0 aromatic heterocycles. The molecule has 1 aromatic carbocycles. The summed E-state index contributed by atoms with van der Waals surface area (Å²) in [7, 11) is 0.